The van der Waals surface area contributed by atoms with Gasteiger partial charge in [-0.1, -0.05) is 6.07 Å². The smallest absolute Gasteiger partial charge is 0.257 e. The summed E-state index contributed by atoms with van der Waals surface area (Å²) in [6, 6.07) is 7.63. The molecule has 6 nitrogen and oxygen atoms in total. The number of nitrogens with zero attached hydrogens (tertiary/aromatic N) is 1. The molecule has 0 bridgehead atoms. The summed E-state index contributed by atoms with van der Waals surface area (Å²) < 4.78 is 18.4. The molecule has 1 saturated heterocycles. The molecule has 0 saturated carbocycles. The number of furan rings is 1. The van der Waals surface area contributed by atoms with Crippen molar-refractivity contribution in [3.63, 3.8) is 0 Å². The van der Waals surface area contributed by atoms with Gasteiger partial charge in [-0.3, -0.25) is 9.59 Å². The van der Waals surface area contributed by atoms with E-state index >= 15 is 0 Å². The predicted octanol–water partition coefficient (Wildman–Crippen LogP) is 2.25. The molecule has 25 heavy (non-hydrogen) atoms. The Morgan fingerprint density at radius 3 is 2.60 bits per heavy atom. The summed E-state index contributed by atoms with van der Waals surface area (Å²) in [5, 5.41) is 5.84. The molecule has 2 N–H and O–H groups in total. The number of hydrogen-bond acceptors (Lipinski definition) is 4. The van der Waals surface area contributed by atoms with E-state index in [1.165, 1.54) is 24.7 Å². The van der Waals surface area contributed by atoms with E-state index in [9.17, 15) is 14.0 Å². The van der Waals surface area contributed by atoms with Crippen molar-refractivity contribution in [2.24, 2.45) is 0 Å². The van der Waals surface area contributed by atoms with Crippen molar-refractivity contribution in [2.75, 3.05) is 25.5 Å². The number of likely N-dealkylation sites (N-methyl/N-ethyl adjacent to an activating group) is 1. The van der Waals surface area contributed by atoms with Crippen LogP contribution in [0.15, 0.2) is 47.3 Å². The molecule has 2 aromatic rings. The fraction of sp³-hybridized carbons (Fsp3) is 0.333. The van der Waals surface area contributed by atoms with Gasteiger partial charge in [0.05, 0.1) is 11.8 Å². The predicted molar refractivity (Wildman–Crippen MR) is 90.7 cm³/mol. The molecule has 0 unspecified atom stereocenters. The Morgan fingerprint density at radius 2 is 2.00 bits per heavy atom. The summed E-state index contributed by atoms with van der Waals surface area (Å²) >= 11 is 0. The standard InChI is InChI=1S/C18H20FN3O3/c1-20-17(24)18(21-15-4-2-3-14(19)11-15)6-8-22(9-7-18)16(23)13-5-10-25-12-13/h2-5,10-12,21H,6-9H2,1H3,(H,20,24). The van der Waals surface area contributed by atoms with Crippen LogP contribution in [0.25, 0.3) is 0 Å². The average Bonchev–Trinajstić information content (AvgIpc) is 3.15. The van der Waals surface area contributed by atoms with Crippen LogP contribution in [0.5, 0.6) is 0 Å². The minimum absolute atomic E-state index is 0.120. The molecule has 1 aliphatic rings. The van der Waals surface area contributed by atoms with E-state index in [4.69, 9.17) is 4.42 Å². The maximum absolute atomic E-state index is 13.5. The van der Waals surface area contributed by atoms with Crippen molar-refractivity contribution in [3.05, 3.63) is 54.2 Å². The first-order chi connectivity index (χ1) is 12.0. The van der Waals surface area contributed by atoms with Crippen molar-refractivity contribution >= 4 is 17.5 Å². The lowest BCUT2D eigenvalue weighted by molar-refractivity contribution is -0.126. The molecule has 0 atom stereocenters. The number of carbonyl (C=O) groups is 2. The zero-order chi connectivity index (χ0) is 17.9. The van der Waals surface area contributed by atoms with Crippen LogP contribution < -0.4 is 10.6 Å². The van der Waals surface area contributed by atoms with Crippen LogP contribution >= 0.6 is 0 Å². The molecule has 7 heteroatoms. The highest BCUT2D eigenvalue weighted by atomic mass is 19.1. The van der Waals surface area contributed by atoms with Gasteiger partial charge in [-0.25, -0.2) is 4.39 Å². The molecule has 1 aromatic heterocycles. The number of hydrogen-bond donors (Lipinski definition) is 2. The lowest BCUT2D eigenvalue weighted by Gasteiger charge is -2.41. The van der Waals surface area contributed by atoms with Crippen LogP contribution in [-0.4, -0.2) is 42.4 Å². The number of benzene rings is 1. The van der Waals surface area contributed by atoms with E-state index in [1.54, 1.807) is 30.1 Å². The van der Waals surface area contributed by atoms with Gasteiger partial charge in [0.1, 0.15) is 17.6 Å². The number of piperidine rings is 1. The first-order valence-corrected chi connectivity index (χ1v) is 8.11. The number of halogens is 1. The molecule has 1 aliphatic heterocycles. The van der Waals surface area contributed by atoms with Crippen molar-refractivity contribution in [1.82, 2.24) is 10.2 Å². The maximum atomic E-state index is 13.5. The first kappa shape index (κ1) is 17.0. The van der Waals surface area contributed by atoms with E-state index in [1.807, 2.05) is 0 Å². The molecule has 132 valence electrons. The molecular weight excluding hydrogens is 325 g/mol. The second-order valence-electron chi connectivity index (χ2n) is 6.10. The fourth-order valence-electron chi connectivity index (χ4n) is 3.15. The highest BCUT2D eigenvalue weighted by molar-refractivity contribution is 5.94. The van der Waals surface area contributed by atoms with Crippen LogP contribution in [0.3, 0.4) is 0 Å². The molecule has 0 aliphatic carbocycles. The Kier molecular flexibility index (Phi) is 4.74. The molecule has 0 radical (unpaired) electrons. The minimum Gasteiger partial charge on any atom is -0.472 e. The fourth-order valence-corrected chi connectivity index (χ4v) is 3.15. The Balaban J connectivity index is 1.75. The Bertz CT molecular complexity index is 753. The van der Waals surface area contributed by atoms with Crippen LogP contribution in [-0.2, 0) is 4.79 Å². The van der Waals surface area contributed by atoms with E-state index in [0.717, 1.165) is 0 Å². The van der Waals surface area contributed by atoms with E-state index < -0.39 is 5.54 Å². The van der Waals surface area contributed by atoms with Gasteiger partial charge < -0.3 is 20.0 Å². The largest absolute Gasteiger partial charge is 0.472 e. The maximum Gasteiger partial charge on any atom is 0.257 e. The number of rotatable bonds is 4. The van der Waals surface area contributed by atoms with Gasteiger partial charge >= 0.3 is 0 Å². The van der Waals surface area contributed by atoms with Crippen molar-refractivity contribution < 1.29 is 18.4 Å². The molecule has 2 amide bonds. The van der Waals surface area contributed by atoms with Gasteiger partial charge in [-0.2, -0.15) is 0 Å². The molecular formula is C18H20FN3O3. The molecule has 1 aromatic carbocycles. The zero-order valence-corrected chi connectivity index (χ0v) is 13.9. The normalized spacial score (nSPS) is 16.3. The Labute approximate surface area is 145 Å². The van der Waals surface area contributed by atoms with Crippen LogP contribution in [0, 0.1) is 5.82 Å². The van der Waals surface area contributed by atoms with Crippen molar-refractivity contribution in [1.29, 1.82) is 0 Å². The monoisotopic (exact) mass is 345 g/mol. The lowest BCUT2D eigenvalue weighted by atomic mass is 9.85. The molecule has 3 rings (SSSR count). The number of anilines is 1. The number of nitrogens with one attached hydrogen (secondary N) is 2. The third kappa shape index (κ3) is 3.50. The Morgan fingerprint density at radius 1 is 1.24 bits per heavy atom. The van der Waals surface area contributed by atoms with Gasteiger partial charge in [0, 0.05) is 25.8 Å². The summed E-state index contributed by atoms with van der Waals surface area (Å²) in [7, 11) is 1.57. The van der Waals surface area contributed by atoms with Gasteiger partial charge in [-0.15, -0.1) is 0 Å². The molecule has 1 fully saturated rings. The number of likely N-dealkylation sites (tertiary alicyclic amines) is 1. The van der Waals surface area contributed by atoms with Crippen LogP contribution in [0.4, 0.5) is 10.1 Å². The zero-order valence-electron chi connectivity index (χ0n) is 13.9. The van der Waals surface area contributed by atoms with Gasteiger partial charge in [0.25, 0.3) is 5.91 Å². The van der Waals surface area contributed by atoms with E-state index in [-0.39, 0.29) is 17.6 Å². The summed E-state index contributed by atoms with van der Waals surface area (Å²) in [4.78, 5) is 26.6. The van der Waals surface area contributed by atoms with Gasteiger partial charge in [0.15, 0.2) is 0 Å². The summed E-state index contributed by atoms with van der Waals surface area (Å²) in [6.07, 6.45) is 3.71. The van der Waals surface area contributed by atoms with Crippen LogP contribution in [0.1, 0.15) is 23.2 Å². The van der Waals surface area contributed by atoms with Crippen molar-refractivity contribution in [3.8, 4) is 0 Å². The number of amides is 2. The van der Waals surface area contributed by atoms with Crippen molar-refractivity contribution in [2.45, 2.75) is 18.4 Å². The second-order valence-corrected chi connectivity index (χ2v) is 6.10. The average molecular weight is 345 g/mol. The first-order valence-electron chi connectivity index (χ1n) is 8.11. The third-order valence-corrected chi connectivity index (χ3v) is 4.54. The SMILES string of the molecule is CNC(=O)C1(Nc2cccc(F)c2)CCN(C(=O)c2ccoc2)CC1. The highest BCUT2D eigenvalue weighted by Gasteiger charge is 2.42. The van der Waals surface area contributed by atoms with Crippen LogP contribution in [0.2, 0.25) is 0 Å². The minimum atomic E-state index is -0.879. The van der Waals surface area contributed by atoms with Gasteiger partial charge in [-0.05, 0) is 37.1 Å². The summed E-state index contributed by atoms with van der Waals surface area (Å²) in [5.74, 6) is -0.665. The Hall–Kier alpha value is -2.83. The third-order valence-electron chi connectivity index (χ3n) is 4.54. The summed E-state index contributed by atoms with van der Waals surface area (Å²) in [6.45, 7) is 0.833. The topological polar surface area (TPSA) is 74.6 Å². The molecule has 0 spiro atoms. The second kappa shape index (κ2) is 6.96. The highest BCUT2D eigenvalue weighted by Crippen LogP contribution is 2.28. The quantitative estimate of drug-likeness (QED) is 0.891. The van der Waals surface area contributed by atoms with E-state index in [2.05, 4.69) is 10.6 Å². The van der Waals surface area contributed by atoms with Gasteiger partial charge in [0.2, 0.25) is 5.91 Å². The lowest BCUT2D eigenvalue weighted by Crippen LogP contribution is -2.58. The van der Waals surface area contributed by atoms with E-state index in [0.29, 0.717) is 37.2 Å². The summed E-state index contributed by atoms with van der Waals surface area (Å²) in [5.41, 5.74) is 0.152. The number of carbonyl (C=O) groups excluding carboxylic acids is 2. The molecule has 2 heterocycles.